The fraction of sp³-hybridized carbons (Fsp3) is 0.615. The number of piperidine rings is 1. The second-order valence-corrected chi connectivity index (χ2v) is 12.8. The fourth-order valence-electron chi connectivity index (χ4n) is 6.19. The average Bonchev–Trinajstić information content (AvgIpc) is 3.40. The van der Waals surface area contributed by atoms with E-state index in [-0.39, 0.29) is 30.6 Å². The van der Waals surface area contributed by atoms with Crippen LogP contribution in [0.1, 0.15) is 57.4 Å². The van der Waals surface area contributed by atoms with Gasteiger partial charge in [-0.3, -0.25) is 4.79 Å². The fourth-order valence-corrected chi connectivity index (χ4v) is 7.30. The van der Waals surface area contributed by atoms with Crippen LogP contribution < -0.4 is 0 Å². The third-order valence-electron chi connectivity index (χ3n) is 7.59. The van der Waals surface area contributed by atoms with Crippen molar-refractivity contribution in [3.8, 4) is 0 Å². The summed E-state index contributed by atoms with van der Waals surface area (Å²) in [5, 5.41) is 0.939. The maximum absolute atomic E-state index is 15.8. The van der Waals surface area contributed by atoms with Crippen molar-refractivity contribution < 1.29 is 28.2 Å². The van der Waals surface area contributed by atoms with Gasteiger partial charge >= 0.3 is 12.1 Å². The molecular weight excluding hydrogens is 565 g/mol. The molecule has 0 spiro atoms. The molecule has 5 rings (SSSR count). The molecule has 1 aromatic heterocycles. The minimum Gasteiger partial charge on any atom is -0.468 e. The van der Waals surface area contributed by atoms with Gasteiger partial charge in [-0.1, -0.05) is 18.7 Å². The molecule has 2 bridgehead atoms. The molecule has 1 aromatic carbocycles. The number of likely N-dealkylation sites (tertiary alicyclic amines) is 1. The summed E-state index contributed by atoms with van der Waals surface area (Å²) in [7, 11) is 1.37. The van der Waals surface area contributed by atoms with E-state index in [0.29, 0.717) is 58.0 Å². The van der Waals surface area contributed by atoms with Gasteiger partial charge in [0.2, 0.25) is 0 Å². The van der Waals surface area contributed by atoms with Gasteiger partial charge in [0.1, 0.15) is 16.5 Å². The molecule has 3 aliphatic rings. The highest BCUT2D eigenvalue weighted by Gasteiger charge is 2.63. The van der Waals surface area contributed by atoms with Crippen molar-refractivity contribution in [3.63, 3.8) is 0 Å². The Hall–Kier alpha value is -1.98. The number of esters is 1. The number of aromatic nitrogens is 2. The second-order valence-electron chi connectivity index (χ2n) is 10.8. The molecule has 8 nitrogen and oxygen atoms in total. The van der Waals surface area contributed by atoms with Crippen LogP contribution in [0.15, 0.2) is 9.63 Å². The molecule has 2 aliphatic heterocycles. The first kappa shape index (κ1) is 26.6. The third kappa shape index (κ3) is 4.21. The minimum atomic E-state index is -1.14. The summed E-state index contributed by atoms with van der Waals surface area (Å²) in [5.41, 5.74) is 0.397. The largest absolute Gasteiger partial charge is 0.468 e. The summed E-state index contributed by atoms with van der Waals surface area (Å²) in [5.74, 6) is -0.750. The number of halogens is 2. The minimum absolute atomic E-state index is 0.175. The smallest absolute Gasteiger partial charge is 0.410 e. The van der Waals surface area contributed by atoms with Crippen LogP contribution in [0.2, 0.25) is 0 Å². The molecule has 0 N–H and O–H groups in total. The number of hydrogen-bond acceptors (Lipinski definition) is 8. The van der Waals surface area contributed by atoms with E-state index < -0.39 is 28.9 Å². The van der Waals surface area contributed by atoms with E-state index in [1.54, 1.807) is 4.90 Å². The second kappa shape index (κ2) is 9.64. The predicted octanol–water partition coefficient (Wildman–Crippen LogP) is 5.36. The monoisotopic (exact) mass is 595 g/mol. The summed E-state index contributed by atoms with van der Waals surface area (Å²) in [4.78, 5) is 38.1. The van der Waals surface area contributed by atoms with Crippen LogP contribution in [0, 0.1) is 17.7 Å². The molecule has 1 amide bonds. The zero-order valence-electron chi connectivity index (χ0n) is 21.7. The van der Waals surface area contributed by atoms with Crippen LogP contribution in [0.3, 0.4) is 0 Å². The number of nitrogens with zero attached hydrogens (tertiary/aromatic N) is 3. The molecule has 2 aromatic rings. The van der Waals surface area contributed by atoms with Gasteiger partial charge in [-0.25, -0.2) is 19.2 Å². The van der Waals surface area contributed by atoms with Crippen LogP contribution in [0.25, 0.3) is 10.9 Å². The summed E-state index contributed by atoms with van der Waals surface area (Å²) in [6.07, 6.45) is 1.01. The Labute approximate surface area is 228 Å². The predicted molar refractivity (Wildman–Crippen MR) is 140 cm³/mol. The van der Waals surface area contributed by atoms with Gasteiger partial charge in [-0.05, 0) is 72.7 Å². The van der Waals surface area contributed by atoms with E-state index >= 15 is 4.39 Å². The molecule has 2 unspecified atom stereocenters. The van der Waals surface area contributed by atoms with Gasteiger partial charge in [0.25, 0.3) is 0 Å². The lowest BCUT2D eigenvalue weighted by molar-refractivity contribution is -0.154. The van der Waals surface area contributed by atoms with Crippen LogP contribution in [0.5, 0.6) is 0 Å². The van der Waals surface area contributed by atoms with Crippen molar-refractivity contribution in [2.24, 2.45) is 11.8 Å². The highest BCUT2D eigenvalue weighted by Crippen LogP contribution is 2.56. The van der Waals surface area contributed by atoms with Crippen LogP contribution in [-0.4, -0.2) is 58.5 Å². The molecule has 0 radical (unpaired) electrons. The van der Waals surface area contributed by atoms with Gasteiger partial charge in [-0.2, -0.15) is 0 Å². The zero-order valence-corrected chi connectivity index (χ0v) is 24.1. The van der Waals surface area contributed by atoms with Crippen LogP contribution in [0.4, 0.5) is 9.18 Å². The van der Waals surface area contributed by atoms with Gasteiger partial charge in [0, 0.05) is 24.0 Å². The lowest BCUT2D eigenvalue weighted by atomic mass is 9.65. The lowest BCUT2D eigenvalue weighted by Gasteiger charge is -2.45. The number of rotatable bonds is 4. The molecule has 2 fully saturated rings. The number of fused-ring (bicyclic) bond motifs is 5. The average molecular weight is 597 g/mol. The Balaban J connectivity index is 1.73. The van der Waals surface area contributed by atoms with Gasteiger partial charge in [-0.15, -0.1) is 0 Å². The molecule has 2 atom stereocenters. The quantitative estimate of drug-likeness (QED) is 0.265. The van der Waals surface area contributed by atoms with Crippen molar-refractivity contribution >= 4 is 50.7 Å². The van der Waals surface area contributed by atoms with Gasteiger partial charge in [0.15, 0.2) is 11.0 Å². The Morgan fingerprint density at radius 3 is 2.43 bits per heavy atom. The molecular formula is C26H31BrFN3O5S. The maximum Gasteiger partial charge on any atom is 0.410 e. The number of carbonyl (C=O) groups is 2. The lowest BCUT2D eigenvalue weighted by Crippen LogP contribution is -2.58. The zero-order chi connectivity index (χ0) is 26.7. The Bertz CT molecular complexity index is 1270. The maximum atomic E-state index is 15.8. The van der Waals surface area contributed by atoms with Crippen molar-refractivity contribution in [1.82, 2.24) is 14.9 Å². The molecule has 1 saturated carbocycles. The Kier molecular flexibility index (Phi) is 6.94. The molecule has 3 heterocycles. The number of amides is 1. The highest BCUT2D eigenvalue weighted by atomic mass is 79.9. The van der Waals surface area contributed by atoms with E-state index in [2.05, 4.69) is 20.9 Å². The topological polar surface area (TPSA) is 90.9 Å². The number of thioether (sulfide) groups is 1. The van der Waals surface area contributed by atoms with E-state index in [1.165, 1.54) is 18.9 Å². The number of methoxy groups -OCH3 is 1. The number of benzene rings is 1. The van der Waals surface area contributed by atoms with Crippen molar-refractivity contribution in [2.45, 2.75) is 69.9 Å². The van der Waals surface area contributed by atoms with Crippen molar-refractivity contribution in [2.75, 3.05) is 26.0 Å². The first-order valence-electron chi connectivity index (χ1n) is 12.5. The van der Waals surface area contributed by atoms with E-state index in [0.717, 1.165) is 5.56 Å². The van der Waals surface area contributed by atoms with E-state index in [4.69, 9.17) is 19.2 Å². The summed E-state index contributed by atoms with van der Waals surface area (Å²) < 4.78 is 32.9. The van der Waals surface area contributed by atoms with Crippen LogP contribution >= 0.6 is 27.7 Å². The summed E-state index contributed by atoms with van der Waals surface area (Å²) in [6, 6.07) is 0. The summed E-state index contributed by atoms with van der Waals surface area (Å²) in [6.45, 7) is 8.64. The Morgan fingerprint density at radius 1 is 1.19 bits per heavy atom. The van der Waals surface area contributed by atoms with Crippen molar-refractivity contribution in [3.05, 3.63) is 27.1 Å². The normalized spacial score (nSPS) is 24.9. The molecule has 37 heavy (non-hydrogen) atoms. The van der Waals surface area contributed by atoms with E-state index in [9.17, 15) is 9.59 Å². The Morgan fingerprint density at radius 2 is 1.84 bits per heavy atom. The first-order chi connectivity index (χ1) is 17.5. The SMILES string of the molecule is CCSc1nc(C2(C(=O)OC)C3CCC2CN(C(=O)OC(C)(C)C)C3)c2c3c(c(Br)c(F)c2n1)COC3. The number of carbonyl (C=O) groups excluding carboxylic acids is 2. The standard InChI is InChI=1S/C26H31BrFN3O5S/c1-6-37-23-29-20-17(15-11-35-12-16(15)18(27)19(20)28)21(30-23)26(22(32)34-5)13-7-8-14(26)10-31(9-13)24(33)36-25(2,3)4/h13-14H,6-12H2,1-5H3. The molecule has 200 valence electrons. The van der Waals surface area contributed by atoms with Crippen molar-refractivity contribution in [1.29, 1.82) is 0 Å². The third-order valence-corrected chi connectivity index (χ3v) is 9.14. The highest BCUT2D eigenvalue weighted by molar-refractivity contribution is 9.10. The molecule has 1 aliphatic carbocycles. The molecule has 1 saturated heterocycles. The van der Waals surface area contributed by atoms with E-state index in [1.807, 2.05) is 27.7 Å². The number of ether oxygens (including phenoxy) is 3. The van der Waals surface area contributed by atoms with Crippen LogP contribution in [-0.2, 0) is 37.6 Å². The first-order valence-corrected chi connectivity index (χ1v) is 14.3. The summed E-state index contributed by atoms with van der Waals surface area (Å²) >= 11 is 4.80. The molecule has 11 heteroatoms. The van der Waals surface area contributed by atoms with Gasteiger partial charge < -0.3 is 19.1 Å². The number of hydrogen-bond donors (Lipinski definition) is 0. The van der Waals surface area contributed by atoms with Gasteiger partial charge in [0.05, 0.1) is 30.5 Å².